The molecule has 5 nitrogen and oxygen atoms in total. The number of methoxy groups -OCH3 is 1. The second-order valence-corrected chi connectivity index (χ2v) is 3.84. The van der Waals surface area contributed by atoms with Gasteiger partial charge in [0.05, 0.1) is 13.7 Å². The van der Waals surface area contributed by atoms with Gasteiger partial charge in [-0.1, -0.05) is 25.5 Å². The summed E-state index contributed by atoms with van der Waals surface area (Å²) in [7, 11) is 1.56. The molecule has 0 atom stereocenters. The molecule has 19 heavy (non-hydrogen) atoms. The predicted molar refractivity (Wildman–Crippen MR) is 79.4 cm³/mol. The highest BCUT2D eigenvalue weighted by Crippen LogP contribution is 2.22. The van der Waals surface area contributed by atoms with Crippen molar-refractivity contribution in [3.8, 4) is 5.75 Å². The molecule has 0 spiro atoms. The SMILES string of the molecule is C=CN(Cc1ccc(C(=O)NS)cc1OC)/N=C\C. The number of carbonyl (C=O) groups excluding carboxylic acids is 1. The van der Waals surface area contributed by atoms with Crippen LogP contribution < -0.4 is 9.46 Å². The van der Waals surface area contributed by atoms with Gasteiger partial charge in [0.15, 0.2) is 0 Å². The Labute approximate surface area is 118 Å². The summed E-state index contributed by atoms with van der Waals surface area (Å²) in [5, 5.41) is 5.81. The van der Waals surface area contributed by atoms with Crippen molar-refractivity contribution < 1.29 is 9.53 Å². The number of nitrogens with zero attached hydrogens (tertiary/aromatic N) is 2. The molecule has 0 bridgehead atoms. The standard InChI is InChI=1S/C13H17N3O2S/c1-4-14-16(5-2)9-11-7-6-10(13(17)15-19)8-12(11)18-3/h4-8,19H,2,9H2,1,3H3,(H,15,17)/b14-4-. The van der Waals surface area contributed by atoms with Crippen LogP contribution in [0.5, 0.6) is 5.75 Å². The van der Waals surface area contributed by atoms with Gasteiger partial charge in [-0.2, -0.15) is 5.10 Å². The van der Waals surface area contributed by atoms with Crippen LogP contribution in [0.1, 0.15) is 22.8 Å². The third kappa shape index (κ3) is 4.03. The topological polar surface area (TPSA) is 53.9 Å². The Balaban J connectivity index is 3.01. The van der Waals surface area contributed by atoms with Crippen molar-refractivity contribution in [2.75, 3.05) is 7.11 Å². The van der Waals surface area contributed by atoms with Gasteiger partial charge in [0.25, 0.3) is 5.91 Å². The van der Waals surface area contributed by atoms with Crippen molar-refractivity contribution in [1.82, 2.24) is 9.73 Å². The minimum atomic E-state index is -0.277. The molecule has 1 rings (SSSR count). The zero-order valence-electron chi connectivity index (χ0n) is 11.0. The fourth-order valence-corrected chi connectivity index (χ4v) is 1.69. The fourth-order valence-electron chi connectivity index (χ4n) is 1.56. The van der Waals surface area contributed by atoms with Gasteiger partial charge in [-0.05, 0) is 19.1 Å². The first kappa shape index (κ1) is 15.1. The van der Waals surface area contributed by atoms with E-state index >= 15 is 0 Å². The van der Waals surface area contributed by atoms with Crippen molar-refractivity contribution >= 4 is 24.9 Å². The van der Waals surface area contributed by atoms with Gasteiger partial charge in [0.1, 0.15) is 5.75 Å². The molecule has 0 heterocycles. The molecule has 0 saturated carbocycles. The summed E-state index contributed by atoms with van der Waals surface area (Å²) in [6, 6.07) is 5.19. The van der Waals surface area contributed by atoms with E-state index in [1.165, 1.54) is 0 Å². The Morgan fingerprint density at radius 2 is 2.37 bits per heavy atom. The number of hydrazone groups is 1. The lowest BCUT2D eigenvalue weighted by Gasteiger charge is -2.16. The molecule has 0 aliphatic rings. The number of hydrogen-bond acceptors (Lipinski definition) is 5. The third-order valence-electron chi connectivity index (χ3n) is 2.46. The molecule has 0 aliphatic carbocycles. The molecule has 6 heteroatoms. The number of thiol groups is 1. The first-order valence-corrected chi connectivity index (χ1v) is 6.10. The maximum atomic E-state index is 11.5. The molecular formula is C13H17N3O2S. The highest BCUT2D eigenvalue weighted by Gasteiger charge is 2.10. The monoisotopic (exact) mass is 279 g/mol. The van der Waals surface area contributed by atoms with E-state index in [0.717, 1.165) is 5.56 Å². The normalized spacial score (nSPS) is 10.3. The Morgan fingerprint density at radius 3 is 2.89 bits per heavy atom. The number of rotatable bonds is 6. The zero-order valence-corrected chi connectivity index (χ0v) is 11.9. The van der Waals surface area contributed by atoms with Crippen LogP contribution in [0.4, 0.5) is 0 Å². The van der Waals surface area contributed by atoms with Gasteiger partial charge < -0.3 is 4.74 Å². The Hall–Kier alpha value is -1.95. The summed E-state index contributed by atoms with van der Waals surface area (Å²) in [4.78, 5) is 11.5. The summed E-state index contributed by atoms with van der Waals surface area (Å²) in [6.07, 6.45) is 3.30. The van der Waals surface area contributed by atoms with E-state index in [-0.39, 0.29) is 5.91 Å². The highest BCUT2D eigenvalue weighted by molar-refractivity contribution is 7.78. The van der Waals surface area contributed by atoms with E-state index in [1.807, 2.05) is 13.0 Å². The molecule has 0 radical (unpaired) electrons. The van der Waals surface area contributed by atoms with Crippen LogP contribution in [0.15, 0.2) is 36.1 Å². The summed E-state index contributed by atoms with van der Waals surface area (Å²) in [6.45, 7) is 6.03. The van der Waals surface area contributed by atoms with Gasteiger partial charge in [0, 0.05) is 23.5 Å². The van der Waals surface area contributed by atoms with Crippen LogP contribution in [0, 0.1) is 0 Å². The summed E-state index contributed by atoms with van der Waals surface area (Å²) < 4.78 is 7.56. The lowest BCUT2D eigenvalue weighted by atomic mass is 10.1. The van der Waals surface area contributed by atoms with Crippen LogP contribution in [0.2, 0.25) is 0 Å². The Bertz CT molecular complexity index is 489. The quantitative estimate of drug-likeness (QED) is 0.477. The van der Waals surface area contributed by atoms with Gasteiger partial charge in [0.2, 0.25) is 0 Å². The van der Waals surface area contributed by atoms with Crippen LogP contribution in [-0.2, 0) is 6.54 Å². The van der Waals surface area contributed by atoms with Crippen molar-refractivity contribution in [2.45, 2.75) is 13.5 Å². The van der Waals surface area contributed by atoms with Gasteiger partial charge in [-0.15, -0.1) is 0 Å². The fraction of sp³-hybridized carbons (Fsp3) is 0.231. The first-order valence-electron chi connectivity index (χ1n) is 5.65. The van der Waals surface area contributed by atoms with E-state index in [2.05, 4.69) is 29.2 Å². The molecule has 0 aliphatic heterocycles. The van der Waals surface area contributed by atoms with Gasteiger partial charge in [-0.3, -0.25) is 14.5 Å². The van der Waals surface area contributed by atoms with Crippen molar-refractivity contribution in [2.24, 2.45) is 5.10 Å². The van der Waals surface area contributed by atoms with E-state index in [9.17, 15) is 4.79 Å². The van der Waals surface area contributed by atoms with E-state index in [0.29, 0.717) is 17.9 Å². The molecule has 0 aromatic heterocycles. The summed E-state index contributed by atoms with van der Waals surface area (Å²) in [5.74, 6) is 0.341. The molecule has 0 saturated heterocycles. The van der Waals surface area contributed by atoms with Crippen LogP contribution in [0.25, 0.3) is 0 Å². The third-order valence-corrected chi connectivity index (χ3v) is 2.66. The van der Waals surface area contributed by atoms with Crippen molar-refractivity contribution in [3.63, 3.8) is 0 Å². The minimum absolute atomic E-state index is 0.277. The summed E-state index contributed by atoms with van der Waals surface area (Å²) in [5.41, 5.74) is 1.39. The van der Waals surface area contributed by atoms with E-state index < -0.39 is 0 Å². The van der Waals surface area contributed by atoms with Gasteiger partial charge in [-0.25, -0.2) is 0 Å². The second-order valence-electron chi connectivity index (χ2n) is 3.62. The largest absolute Gasteiger partial charge is 0.496 e. The lowest BCUT2D eigenvalue weighted by molar-refractivity contribution is 0.0984. The number of amides is 1. The molecular weight excluding hydrogens is 262 g/mol. The number of ether oxygens (including phenoxy) is 1. The number of nitrogens with one attached hydrogen (secondary N) is 1. The minimum Gasteiger partial charge on any atom is -0.496 e. The molecule has 1 aromatic carbocycles. The predicted octanol–water partition coefficient (Wildman–Crippen LogP) is 2.22. The second kappa shape index (κ2) is 7.48. The highest BCUT2D eigenvalue weighted by atomic mass is 32.1. The molecule has 1 N–H and O–H groups in total. The molecule has 102 valence electrons. The van der Waals surface area contributed by atoms with E-state index in [4.69, 9.17) is 4.74 Å². The molecule has 0 unspecified atom stereocenters. The number of benzene rings is 1. The number of carbonyl (C=O) groups is 1. The first-order chi connectivity index (χ1) is 9.15. The maximum Gasteiger partial charge on any atom is 0.261 e. The average molecular weight is 279 g/mol. The molecule has 1 amide bonds. The van der Waals surface area contributed by atoms with Crippen LogP contribution >= 0.6 is 12.8 Å². The lowest BCUT2D eigenvalue weighted by Crippen LogP contribution is -2.14. The van der Waals surface area contributed by atoms with E-state index in [1.54, 1.807) is 36.7 Å². The van der Waals surface area contributed by atoms with Crippen molar-refractivity contribution in [1.29, 1.82) is 0 Å². The Kier molecular flexibility index (Phi) is 5.95. The summed E-state index contributed by atoms with van der Waals surface area (Å²) >= 11 is 3.73. The molecule has 0 fully saturated rings. The van der Waals surface area contributed by atoms with Crippen LogP contribution in [-0.4, -0.2) is 24.2 Å². The van der Waals surface area contributed by atoms with Crippen LogP contribution in [0.3, 0.4) is 0 Å². The van der Waals surface area contributed by atoms with Crippen molar-refractivity contribution in [3.05, 3.63) is 42.1 Å². The maximum absolute atomic E-state index is 11.5. The Morgan fingerprint density at radius 1 is 1.63 bits per heavy atom. The molecule has 1 aromatic rings. The smallest absolute Gasteiger partial charge is 0.261 e. The average Bonchev–Trinajstić information content (AvgIpc) is 2.46. The number of hydrogen-bond donors (Lipinski definition) is 2. The van der Waals surface area contributed by atoms with Gasteiger partial charge >= 0.3 is 0 Å². The zero-order chi connectivity index (χ0) is 14.3.